The number of nitrogens with one attached hydrogen (secondary N) is 1. The third kappa shape index (κ3) is 5.53. The maximum absolute atomic E-state index is 12.3. The zero-order valence-corrected chi connectivity index (χ0v) is 16.7. The van der Waals surface area contributed by atoms with Gasteiger partial charge in [0.15, 0.2) is 0 Å². The van der Waals surface area contributed by atoms with Crippen molar-refractivity contribution in [2.24, 2.45) is 11.8 Å². The van der Waals surface area contributed by atoms with Crippen molar-refractivity contribution in [1.29, 1.82) is 0 Å². The lowest BCUT2D eigenvalue weighted by atomic mass is 9.96. The molecule has 0 saturated carbocycles. The second kappa shape index (κ2) is 9.33. The van der Waals surface area contributed by atoms with E-state index in [4.69, 9.17) is 16.1 Å². The average molecular weight is 391 g/mol. The number of likely N-dealkylation sites (tertiary alicyclic amines) is 1. The number of aromatic nitrogens is 2. The Morgan fingerprint density at radius 3 is 2.78 bits per heavy atom. The number of amides is 1. The van der Waals surface area contributed by atoms with Gasteiger partial charge in [-0.05, 0) is 50.4 Å². The molecule has 27 heavy (non-hydrogen) atoms. The van der Waals surface area contributed by atoms with E-state index in [2.05, 4.69) is 34.2 Å². The lowest BCUT2D eigenvalue weighted by Gasteiger charge is -2.30. The lowest BCUT2D eigenvalue weighted by molar-refractivity contribution is -0.126. The molecule has 0 atom stereocenters. The SMILES string of the molecule is CC(C)CCNC(=O)C1CCN(Cc2nc(-c3ccccc3Cl)no2)CC1. The summed E-state index contributed by atoms with van der Waals surface area (Å²) in [5.74, 6) is 1.99. The van der Waals surface area contributed by atoms with Gasteiger partial charge in [0.1, 0.15) is 0 Å². The normalized spacial score (nSPS) is 16.0. The van der Waals surface area contributed by atoms with Gasteiger partial charge in [-0.25, -0.2) is 0 Å². The lowest BCUT2D eigenvalue weighted by Crippen LogP contribution is -2.40. The standard InChI is InChI=1S/C20H27ClN4O2/c1-14(2)7-10-22-20(26)15-8-11-25(12-9-15)13-18-23-19(24-27-18)16-5-3-4-6-17(16)21/h3-6,14-15H,7-13H2,1-2H3,(H,22,26). The summed E-state index contributed by atoms with van der Waals surface area (Å²) in [5, 5.41) is 7.71. The number of carbonyl (C=O) groups excluding carboxylic acids is 1. The summed E-state index contributed by atoms with van der Waals surface area (Å²) in [4.78, 5) is 19.0. The van der Waals surface area contributed by atoms with Crippen molar-refractivity contribution in [3.8, 4) is 11.4 Å². The molecule has 0 radical (unpaired) electrons. The Hall–Kier alpha value is -1.92. The molecule has 1 aromatic carbocycles. The number of piperidine rings is 1. The number of halogens is 1. The third-order valence-corrected chi connectivity index (χ3v) is 5.25. The van der Waals surface area contributed by atoms with Crippen molar-refractivity contribution in [2.45, 2.75) is 39.7 Å². The van der Waals surface area contributed by atoms with E-state index in [1.54, 1.807) is 0 Å². The van der Waals surface area contributed by atoms with Crippen LogP contribution >= 0.6 is 11.6 Å². The smallest absolute Gasteiger partial charge is 0.241 e. The van der Waals surface area contributed by atoms with Crippen LogP contribution in [-0.2, 0) is 11.3 Å². The van der Waals surface area contributed by atoms with E-state index in [9.17, 15) is 4.79 Å². The number of rotatable bonds is 7. The molecule has 0 aliphatic carbocycles. The molecular formula is C20H27ClN4O2. The van der Waals surface area contributed by atoms with Gasteiger partial charge >= 0.3 is 0 Å². The van der Waals surface area contributed by atoms with Crippen LogP contribution in [0.3, 0.4) is 0 Å². The van der Waals surface area contributed by atoms with E-state index in [0.29, 0.717) is 29.2 Å². The summed E-state index contributed by atoms with van der Waals surface area (Å²) < 4.78 is 5.39. The Labute approximate surface area is 165 Å². The molecular weight excluding hydrogens is 364 g/mol. The van der Waals surface area contributed by atoms with Crippen LogP contribution < -0.4 is 5.32 Å². The van der Waals surface area contributed by atoms with Crippen LogP contribution in [-0.4, -0.2) is 40.6 Å². The Morgan fingerprint density at radius 2 is 2.07 bits per heavy atom. The van der Waals surface area contributed by atoms with Gasteiger partial charge in [-0.3, -0.25) is 9.69 Å². The number of nitrogens with zero attached hydrogens (tertiary/aromatic N) is 3. The van der Waals surface area contributed by atoms with Crippen LogP contribution in [0.2, 0.25) is 5.02 Å². The largest absolute Gasteiger partial charge is 0.356 e. The topological polar surface area (TPSA) is 71.3 Å². The van der Waals surface area contributed by atoms with E-state index in [1.165, 1.54) is 0 Å². The van der Waals surface area contributed by atoms with E-state index < -0.39 is 0 Å². The van der Waals surface area contributed by atoms with Gasteiger partial charge in [0.2, 0.25) is 17.6 Å². The predicted molar refractivity (Wildman–Crippen MR) is 105 cm³/mol. The van der Waals surface area contributed by atoms with Crippen molar-refractivity contribution < 1.29 is 9.32 Å². The Balaban J connectivity index is 1.47. The minimum atomic E-state index is 0.106. The Morgan fingerprint density at radius 1 is 1.33 bits per heavy atom. The number of benzene rings is 1. The second-order valence-corrected chi connectivity index (χ2v) is 7.92. The van der Waals surface area contributed by atoms with Crippen LogP contribution in [0.5, 0.6) is 0 Å². The van der Waals surface area contributed by atoms with Crippen molar-refractivity contribution in [2.75, 3.05) is 19.6 Å². The number of hydrogen-bond donors (Lipinski definition) is 1. The molecule has 1 amide bonds. The first kappa shape index (κ1) is 19.8. The molecule has 1 aromatic heterocycles. The molecule has 146 valence electrons. The minimum absolute atomic E-state index is 0.106. The van der Waals surface area contributed by atoms with Crippen molar-refractivity contribution >= 4 is 17.5 Å². The highest BCUT2D eigenvalue weighted by Gasteiger charge is 2.26. The van der Waals surface area contributed by atoms with E-state index >= 15 is 0 Å². The first-order valence-electron chi connectivity index (χ1n) is 9.60. The first-order chi connectivity index (χ1) is 13.0. The summed E-state index contributed by atoms with van der Waals surface area (Å²) in [5.41, 5.74) is 0.769. The molecule has 0 bridgehead atoms. The maximum Gasteiger partial charge on any atom is 0.241 e. The molecule has 7 heteroatoms. The zero-order chi connectivity index (χ0) is 19.2. The van der Waals surface area contributed by atoms with Gasteiger partial charge in [0.25, 0.3) is 0 Å². The maximum atomic E-state index is 12.3. The van der Waals surface area contributed by atoms with Crippen molar-refractivity contribution in [1.82, 2.24) is 20.4 Å². The van der Waals surface area contributed by atoms with Crippen LogP contribution in [0.4, 0.5) is 0 Å². The van der Waals surface area contributed by atoms with Gasteiger partial charge in [0.05, 0.1) is 11.6 Å². The van der Waals surface area contributed by atoms with Crippen molar-refractivity contribution in [3.63, 3.8) is 0 Å². The molecule has 1 aliphatic heterocycles. The van der Waals surface area contributed by atoms with Gasteiger partial charge < -0.3 is 9.84 Å². The van der Waals surface area contributed by atoms with Gasteiger partial charge in [-0.15, -0.1) is 0 Å². The monoisotopic (exact) mass is 390 g/mol. The van der Waals surface area contributed by atoms with Gasteiger partial charge in [0, 0.05) is 18.0 Å². The molecule has 6 nitrogen and oxygen atoms in total. The molecule has 0 unspecified atom stereocenters. The Kier molecular flexibility index (Phi) is 6.85. The van der Waals surface area contributed by atoms with Crippen LogP contribution in [0, 0.1) is 11.8 Å². The number of hydrogen-bond acceptors (Lipinski definition) is 5. The molecule has 1 aliphatic rings. The van der Waals surface area contributed by atoms with Crippen LogP contribution in [0.1, 0.15) is 39.0 Å². The molecule has 0 spiro atoms. The van der Waals surface area contributed by atoms with Gasteiger partial charge in [-0.2, -0.15) is 4.98 Å². The van der Waals surface area contributed by atoms with Crippen LogP contribution in [0.25, 0.3) is 11.4 Å². The van der Waals surface area contributed by atoms with Crippen LogP contribution in [0.15, 0.2) is 28.8 Å². The second-order valence-electron chi connectivity index (χ2n) is 7.52. The summed E-state index contributed by atoms with van der Waals surface area (Å²) in [6, 6.07) is 7.45. The fourth-order valence-electron chi connectivity index (χ4n) is 3.24. The molecule has 1 saturated heterocycles. The predicted octanol–water partition coefficient (Wildman–Crippen LogP) is 3.76. The van der Waals surface area contributed by atoms with Crippen molar-refractivity contribution in [3.05, 3.63) is 35.2 Å². The fourth-order valence-corrected chi connectivity index (χ4v) is 3.46. The summed E-state index contributed by atoms with van der Waals surface area (Å²) in [6.07, 6.45) is 2.74. The summed E-state index contributed by atoms with van der Waals surface area (Å²) >= 11 is 6.19. The quantitative estimate of drug-likeness (QED) is 0.779. The number of carbonyl (C=O) groups is 1. The van der Waals surface area contributed by atoms with E-state index in [0.717, 1.165) is 44.5 Å². The average Bonchev–Trinajstić information content (AvgIpc) is 3.10. The molecule has 1 fully saturated rings. The summed E-state index contributed by atoms with van der Waals surface area (Å²) in [7, 11) is 0. The highest BCUT2D eigenvalue weighted by molar-refractivity contribution is 6.33. The fraction of sp³-hybridized carbons (Fsp3) is 0.550. The molecule has 1 N–H and O–H groups in total. The zero-order valence-electron chi connectivity index (χ0n) is 15.9. The molecule has 2 heterocycles. The molecule has 2 aromatic rings. The Bertz CT molecular complexity index is 754. The minimum Gasteiger partial charge on any atom is -0.356 e. The third-order valence-electron chi connectivity index (χ3n) is 4.92. The molecule has 3 rings (SSSR count). The highest BCUT2D eigenvalue weighted by atomic mass is 35.5. The van der Waals surface area contributed by atoms with E-state index in [-0.39, 0.29) is 11.8 Å². The van der Waals surface area contributed by atoms with Gasteiger partial charge in [-0.1, -0.05) is 42.7 Å². The van der Waals surface area contributed by atoms with E-state index in [1.807, 2.05) is 24.3 Å². The highest BCUT2D eigenvalue weighted by Crippen LogP contribution is 2.25. The first-order valence-corrected chi connectivity index (χ1v) is 9.98. The summed E-state index contributed by atoms with van der Waals surface area (Å²) in [6.45, 7) is 7.40.